The van der Waals surface area contributed by atoms with Crippen LogP contribution in [0.3, 0.4) is 0 Å². The normalized spacial score (nSPS) is 10.4. The van der Waals surface area contributed by atoms with E-state index >= 15 is 0 Å². The fourth-order valence-electron chi connectivity index (χ4n) is 1.69. The van der Waals surface area contributed by atoms with Gasteiger partial charge in [-0.25, -0.2) is 4.39 Å². The average Bonchev–Trinajstić information content (AvgIpc) is 2.40. The highest BCUT2D eigenvalue weighted by Gasteiger charge is 2.19. The van der Waals surface area contributed by atoms with Crippen molar-refractivity contribution >= 4 is 44.9 Å². The van der Waals surface area contributed by atoms with Crippen LogP contribution in [0.25, 0.3) is 0 Å². The molecule has 104 valence electrons. The summed E-state index contributed by atoms with van der Waals surface area (Å²) < 4.78 is 18.7. The van der Waals surface area contributed by atoms with Gasteiger partial charge in [-0.3, -0.25) is 4.79 Å². The number of halogens is 4. The Balaban J connectivity index is 2.55. The summed E-state index contributed by atoms with van der Waals surface area (Å²) in [6.07, 6.45) is 0. The van der Waals surface area contributed by atoms with Crippen LogP contribution in [0.4, 0.5) is 4.39 Å². The van der Waals surface area contributed by atoms with Gasteiger partial charge in [-0.05, 0) is 40.2 Å². The maximum absolute atomic E-state index is 13.5. The summed E-state index contributed by atoms with van der Waals surface area (Å²) in [5.41, 5.74) is 0.484. The molecule has 2 nitrogen and oxygen atoms in total. The summed E-state index contributed by atoms with van der Waals surface area (Å²) in [6, 6.07) is 7.05. The van der Waals surface area contributed by atoms with Crippen LogP contribution in [0.5, 0.6) is 5.75 Å². The van der Waals surface area contributed by atoms with Gasteiger partial charge in [0.1, 0.15) is 11.6 Å². The van der Waals surface area contributed by atoms with Crippen LogP contribution < -0.4 is 4.74 Å². The lowest BCUT2D eigenvalue weighted by molar-refractivity contribution is 0.103. The predicted octanol–water partition coefficient (Wildman–Crippen LogP) is 5.13. The van der Waals surface area contributed by atoms with E-state index < -0.39 is 5.82 Å². The van der Waals surface area contributed by atoms with Gasteiger partial charge >= 0.3 is 0 Å². The van der Waals surface area contributed by atoms with Crippen molar-refractivity contribution in [2.24, 2.45) is 0 Å². The van der Waals surface area contributed by atoms with Gasteiger partial charge in [0, 0.05) is 16.7 Å². The number of ether oxygens (including phenoxy) is 1. The summed E-state index contributed by atoms with van der Waals surface area (Å²) in [4.78, 5) is 12.5. The largest absolute Gasteiger partial charge is 0.496 e. The third-order valence-corrected chi connectivity index (χ3v) is 3.82. The van der Waals surface area contributed by atoms with Gasteiger partial charge in [0.05, 0.1) is 22.2 Å². The smallest absolute Gasteiger partial charge is 0.198 e. The maximum atomic E-state index is 13.5. The van der Waals surface area contributed by atoms with Gasteiger partial charge in [-0.1, -0.05) is 23.2 Å². The predicted molar refractivity (Wildman–Crippen MR) is 80.5 cm³/mol. The van der Waals surface area contributed by atoms with Gasteiger partial charge in [0.2, 0.25) is 0 Å². The van der Waals surface area contributed by atoms with Crippen molar-refractivity contribution in [3.63, 3.8) is 0 Å². The van der Waals surface area contributed by atoms with Gasteiger partial charge in [0.15, 0.2) is 5.78 Å². The Kier molecular flexibility index (Phi) is 4.68. The average molecular weight is 378 g/mol. The minimum atomic E-state index is -0.513. The molecule has 0 aliphatic carbocycles. The summed E-state index contributed by atoms with van der Waals surface area (Å²) in [6.45, 7) is 0. The lowest BCUT2D eigenvalue weighted by Gasteiger charge is -2.10. The van der Waals surface area contributed by atoms with Crippen LogP contribution in [0.2, 0.25) is 10.0 Å². The van der Waals surface area contributed by atoms with Crippen molar-refractivity contribution in [1.82, 2.24) is 0 Å². The Labute approximate surface area is 133 Å². The molecule has 0 aliphatic heterocycles. The van der Waals surface area contributed by atoms with Gasteiger partial charge < -0.3 is 4.74 Å². The van der Waals surface area contributed by atoms with Crippen LogP contribution in [-0.4, -0.2) is 12.9 Å². The summed E-state index contributed by atoms with van der Waals surface area (Å²) in [5, 5.41) is 0.656. The molecule has 0 bridgehead atoms. The highest BCUT2D eigenvalue weighted by molar-refractivity contribution is 9.10. The molecule has 0 spiro atoms. The Morgan fingerprint density at radius 1 is 1.20 bits per heavy atom. The second-order valence-electron chi connectivity index (χ2n) is 3.92. The van der Waals surface area contributed by atoms with Gasteiger partial charge in [-0.15, -0.1) is 0 Å². The molecule has 0 saturated carbocycles. The van der Waals surface area contributed by atoms with Crippen molar-refractivity contribution in [3.05, 3.63) is 61.8 Å². The van der Waals surface area contributed by atoms with E-state index in [-0.39, 0.29) is 32.2 Å². The molecule has 0 atom stereocenters. The zero-order chi connectivity index (χ0) is 14.9. The second-order valence-corrected chi connectivity index (χ2v) is 5.62. The number of ketones is 1. The molecule has 2 rings (SSSR count). The van der Waals surface area contributed by atoms with Crippen molar-refractivity contribution in [2.75, 3.05) is 7.11 Å². The fourth-order valence-corrected chi connectivity index (χ4v) is 2.53. The number of methoxy groups -OCH3 is 1. The number of hydrogen-bond donors (Lipinski definition) is 0. The number of carbonyl (C=O) groups is 1. The lowest BCUT2D eigenvalue weighted by Crippen LogP contribution is -2.05. The van der Waals surface area contributed by atoms with Crippen molar-refractivity contribution in [2.45, 2.75) is 0 Å². The summed E-state index contributed by atoms with van der Waals surface area (Å²) in [5.74, 6) is -0.744. The van der Waals surface area contributed by atoms with E-state index in [9.17, 15) is 9.18 Å². The van der Waals surface area contributed by atoms with Crippen LogP contribution in [0, 0.1) is 5.82 Å². The number of carbonyl (C=O) groups excluding carboxylic acids is 1. The second kappa shape index (κ2) is 6.12. The molecule has 0 radical (unpaired) electrons. The van der Waals surface area contributed by atoms with Crippen molar-refractivity contribution < 1.29 is 13.9 Å². The third-order valence-electron chi connectivity index (χ3n) is 2.66. The van der Waals surface area contributed by atoms with Crippen LogP contribution in [0.15, 0.2) is 34.8 Å². The lowest BCUT2D eigenvalue weighted by atomic mass is 10.0. The fraction of sp³-hybridized carbons (Fsp3) is 0.0714. The number of benzene rings is 2. The van der Waals surface area contributed by atoms with E-state index in [1.807, 2.05) is 0 Å². The standard InChI is InChI=1S/C14H8BrCl2FO2/c1-20-13-6-12(18)10(15)5-9(13)14(19)8-3-2-7(16)4-11(8)17/h2-6H,1H3. The van der Waals surface area contributed by atoms with Crippen molar-refractivity contribution in [3.8, 4) is 5.75 Å². The first-order valence-electron chi connectivity index (χ1n) is 5.47. The number of hydrogen-bond acceptors (Lipinski definition) is 2. The number of rotatable bonds is 3. The zero-order valence-electron chi connectivity index (χ0n) is 10.2. The first kappa shape index (κ1) is 15.3. The molecule has 6 heteroatoms. The van der Waals surface area contributed by atoms with Crippen LogP contribution in [0.1, 0.15) is 15.9 Å². The molecule has 0 aliphatic rings. The molecule has 0 saturated heterocycles. The van der Waals surface area contributed by atoms with E-state index in [2.05, 4.69) is 15.9 Å². The molecule has 2 aromatic carbocycles. The Morgan fingerprint density at radius 3 is 2.50 bits per heavy atom. The molecular weight excluding hydrogens is 370 g/mol. The summed E-state index contributed by atoms with van der Waals surface area (Å²) in [7, 11) is 1.36. The van der Waals surface area contributed by atoms with Gasteiger partial charge in [0.25, 0.3) is 0 Å². The van der Waals surface area contributed by atoms with E-state index in [1.165, 1.54) is 25.3 Å². The Morgan fingerprint density at radius 2 is 1.90 bits per heavy atom. The van der Waals surface area contributed by atoms with E-state index in [4.69, 9.17) is 27.9 Å². The minimum absolute atomic E-state index is 0.140. The first-order valence-corrected chi connectivity index (χ1v) is 7.01. The highest BCUT2D eigenvalue weighted by atomic mass is 79.9. The quantitative estimate of drug-likeness (QED) is 0.692. The SMILES string of the molecule is COc1cc(F)c(Br)cc1C(=O)c1ccc(Cl)cc1Cl. The van der Waals surface area contributed by atoms with E-state index in [0.29, 0.717) is 5.02 Å². The highest BCUT2D eigenvalue weighted by Crippen LogP contribution is 2.30. The monoisotopic (exact) mass is 376 g/mol. The Hall–Kier alpha value is -1.10. The molecule has 0 unspecified atom stereocenters. The first-order chi connectivity index (χ1) is 9.43. The van der Waals surface area contributed by atoms with Gasteiger partial charge in [-0.2, -0.15) is 0 Å². The molecular formula is C14H8BrCl2FO2. The molecule has 0 fully saturated rings. The molecule has 2 aromatic rings. The maximum Gasteiger partial charge on any atom is 0.198 e. The van der Waals surface area contributed by atoms with Crippen LogP contribution in [-0.2, 0) is 0 Å². The zero-order valence-corrected chi connectivity index (χ0v) is 13.3. The minimum Gasteiger partial charge on any atom is -0.496 e. The molecule has 0 heterocycles. The van der Waals surface area contributed by atoms with E-state index in [0.717, 1.165) is 6.07 Å². The molecule has 20 heavy (non-hydrogen) atoms. The molecule has 0 N–H and O–H groups in total. The third kappa shape index (κ3) is 2.97. The van der Waals surface area contributed by atoms with E-state index in [1.54, 1.807) is 6.07 Å². The van der Waals surface area contributed by atoms with Crippen LogP contribution >= 0.6 is 39.1 Å². The van der Waals surface area contributed by atoms with Crippen molar-refractivity contribution in [1.29, 1.82) is 0 Å². The summed E-state index contributed by atoms with van der Waals surface area (Å²) >= 11 is 14.8. The molecule has 0 aromatic heterocycles. The Bertz CT molecular complexity index is 689. The molecule has 0 amide bonds. The topological polar surface area (TPSA) is 26.3 Å².